The molecule has 0 aliphatic heterocycles. The van der Waals surface area contributed by atoms with Crippen LogP contribution in [0.5, 0.6) is 0 Å². The van der Waals surface area contributed by atoms with Crippen molar-refractivity contribution in [2.45, 2.75) is 6.92 Å². The lowest BCUT2D eigenvalue weighted by Crippen LogP contribution is -2.27. The molecule has 7 nitrogen and oxygen atoms in total. The van der Waals surface area contributed by atoms with Gasteiger partial charge >= 0.3 is 11.9 Å². The summed E-state index contributed by atoms with van der Waals surface area (Å²) in [5.41, 5.74) is 0. The average molecular weight is 316 g/mol. The number of nitro groups is 1. The van der Waals surface area contributed by atoms with Gasteiger partial charge in [-0.1, -0.05) is 6.58 Å². The van der Waals surface area contributed by atoms with Gasteiger partial charge in [0, 0.05) is 13.1 Å². The van der Waals surface area contributed by atoms with E-state index in [1.165, 1.54) is 26.1 Å². The molecule has 0 saturated carbocycles. The van der Waals surface area contributed by atoms with Gasteiger partial charge in [-0.25, -0.2) is 9.69 Å². The Hall–Kier alpha value is -1.96. The fourth-order valence-electron chi connectivity index (χ4n) is 1.05. The number of hydrogen-bond donors (Lipinski definition) is 0. The minimum absolute atomic E-state index is 0.108. The smallest absolute Gasteiger partial charge is 0.415 e. The maximum atomic E-state index is 11.5. The summed E-state index contributed by atoms with van der Waals surface area (Å²) in [4.78, 5) is 26.4. The molecule has 0 bridgehead atoms. The van der Waals surface area contributed by atoms with Crippen LogP contribution in [0.2, 0.25) is 0 Å². The maximum Gasteiger partial charge on any atom is 0.422 e. The fourth-order valence-corrected chi connectivity index (χ4v) is 1.41. The minimum Gasteiger partial charge on any atom is -0.415 e. The second-order valence-corrected chi connectivity index (χ2v) is 4.22. The number of pyridine rings is 1. The molecular formula is C10H10BrN3O4. The summed E-state index contributed by atoms with van der Waals surface area (Å²) in [5, 5.41) is 10.7. The van der Waals surface area contributed by atoms with Gasteiger partial charge in [-0.2, -0.15) is 0 Å². The quantitative estimate of drug-likeness (QED) is 0.486. The lowest BCUT2D eigenvalue weighted by Gasteiger charge is -2.12. The normalized spacial score (nSPS) is 9.72. The number of rotatable bonds is 3. The van der Waals surface area contributed by atoms with E-state index in [4.69, 9.17) is 4.74 Å². The predicted octanol–water partition coefficient (Wildman–Crippen LogP) is 2.86. The van der Waals surface area contributed by atoms with E-state index in [1.807, 2.05) is 0 Å². The first-order valence-electron chi connectivity index (χ1n) is 4.75. The van der Waals surface area contributed by atoms with Gasteiger partial charge in [-0.05, 0) is 38.8 Å². The summed E-state index contributed by atoms with van der Waals surface area (Å²) in [6.07, 6.45) is -0.716. The molecule has 8 heteroatoms. The van der Waals surface area contributed by atoms with Gasteiger partial charge in [-0.3, -0.25) is 0 Å². The van der Waals surface area contributed by atoms with Crippen LogP contribution in [0.1, 0.15) is 6.92 Å². The molecule has 1 heterocycles. The van der Waals surface area contributed by atoms with Crippen molar-refractivity contribution in [2.24, 2.45) is 0 Å². The lowest BCUT2D eigenvalue weighted by atomic mass is 10.4. The SMILES string of the molecule is C=C(C)OC(=O)N(C)c1ccc(Br)c([N+](=O)[O-])n1. The van der Waals surface area contributed by atoms with Crippen LogP contribution in [0.15, 0.2) is 28.9 Å². The van der Waals surface area contributed by atoms with E-state index >= 15 is 0 Å². The van der Waals surface area contributed by atoms with Crippen LogP contribution in [-0.2, 0) is 4.74 Å². The van der Waals surface area contributed by atoms with E-state index < -0.39 is 11.0 Å². The van der Waals surface area contributed by atoms with Gasteiger partial charge in [-0.15, -0.1) is 0 Å². The summed E-state index contributed by atoms with van der Waals surface area (Å²) in [5.74, 6) is -0.0444. The molecule has 0 spiro atoms. The molecule has 0 aromatic carbocycles. The number of anilines is 1. The van der Waals surface area contributed by atoms with Gasteiger partial charge in [0.1, 0.15) is 4.47 Å². The van der Waals surface area contributed by atoms with Gasteiger partial charge < -0.3 is 14.9 Å². The topological polar surface area (TPSA) is 85.6 Å². The minimum atomic E-state index is -0.716. The summed E-state index contributed by atoms with van der Waals surface area (Å²) in [7, 11) is 1.39. The van der Waals surface area contributed by atoms with Crippen molar-refractivity contribution in [3.05, 3.63) is 39.1 Å². The lowest BCUT2D eigenvalue weighted by molar-refractivity contribution is -0.390. The molecule has 0 aliphatic carbocycles. The number of carbonyl (C=O) groups is 1. The molecule has 0 saturated heterocycles. The standard InChI is InChI=1S/C10H10BrN3O4/c1-6(2)18-10(15)13(3)8-5-4-7(11)9(12-8)14(16)17/h4-5H,1H2,2-3H3. The number of ether oxygens (including phenoxy) is 1. The zero-order chi connectivity index (χ0) is 13.9. The zero-order valence-electron chi connectivity index (χ0n) is 9.71. The first-order valence-corrected chi connectivity index (χ1v) is 5.54. The molecule has 0 unspecified atom stereocenters. The van der Waals surface area contributed by atoms with Crippen molar-refractivity contribution in [2.75, 3.05) is 11.9 Å². The average Bonchev–Trinajstić information content (AvgIpc) is 2.27. The van der Waals surface area contributed by atoms with E-state index in [9.17, 15) is 14.9 Å². The Labute approximate surface area is 111 Å². The van der Waals surface area contributed by atoms with E-state index in [1.54, 1.807) is 0 Å². The first kappa shape index (κ1) is 14.1. The van der Waals surface area contributed by atoms with Crippen LogP contribution in [0, 0.1) is 10.1 Å². The van der Waals surface area contributed by atoms with E-state index in [2.05, 4.69) is 27.5 Å². The molecule has 0 atom stereocenters. The van der Waals surface area contributed by atoms with E-state index in [0.29, 0.717) is 0 Å². The van der Waals surface area contributed by atoms with Crippen molar-refractivity contribution in [3.8, 4) is 0 Å². The summed E-state index contributed by atoms with van der Waals surface area (Å²) in [6, 6.07) is 2.89. The molecule has 1 aromatic heterocycles. The van der Waals surface area contributed by atoms with Crippen molar-refractivity contribution in [3.63, 3.8) is 0 Å². The third-order valence-corrected chi connectivity index (χ3v) is 2.48. The number of nitrogens with zero attached hydrogens (tertiary/aromatic N) is 3. The Morgan fingerprint density at radius 3 is 2.72 bits per heavy atom. The number of carbonyl (C=O) groups excluding carboxylic acids is 1. The molecule has 18 heavy (non-hydrogen) atoms. The number of allylic oxidation sites excluding steroid dienone is 1. The third-order valence-electron chi connectivity index (χ3n) is 1.86. The Bertz CT molecular complexity index is 518. The molecular weight excluding hydrogens is 306 g/mol. The summed E-state index contributed by atoms with van der Waals surface area (Å²) >= 11 is 3.00. The van der Waals surface area contributed by atoms with Gasteiger partial charge in [0.15, 0.2) is 0 Å². The van der Waals surface area contributed by atoms with Crippen LogP contribution < -0.4 is 4.90 Å². The van der Waals surface area contributed by atoms with Crippen LogP contribution in [0.4, 0.5) is 16.4 Å². The van der Waals surface area contributed by atoms with Crippen LogP contribution in [-0.4, -0.2) is 23.0 Å². The number of halogens is 1. The fraction of sp³-hybridized carbons (Fsp3) is 0.200. The molecule has 0 aliphatic rings. The molecule has 0 radical (unpaired) electrons. The van der Waals surface area contributed by atoms with Gasteiger partial charge in [0.05, 0.1) is 5.76 Å². The number of aromatic nitrogens is 1. The number of amides is 1. The van der Waals surface area contributed by atoms with E-state index in [0.717, 1.165) is 4.90 Å². The highest BCUT2D eigenvalue weighted by Crippen LogP contribution is 2.25. The molecule has 1 aromatic rings. The highest BCUT2D eigenvalue weighted by Gasteiger charge is 2.22. The third kappa shape index (κ3) is 3.27. The van der Waals surface area contributed by atoms with Crippen molar-refractivity contribution < 1.29 is 14.5 Å². The van der Waals surface area contributed by atoms with Gasteiger partial charge in [0.2, 0.25) is 0 Å². The maximum absolute atomic E-state index is 11.5. The van der Waals surface area contributed by atoms with Crippen LogP contribution in [0.3, 0.4) is 0 Å². The molecule has 96 valence electrons. The Kier molecular flexibility index (Phi) is 4.38. The second kappa shape index (κ2) is 5.58. The van der Waals surface area contributed by atoms with Crippen molar-refractivity contribution in [1.82, 2.24) is 4.98 Å². The second-order valence-electron chi connectivity index (χ2n) is 3.36. The predicted molar refractivity (Wildman–Crippen MR) is 68.3 cm³/mol. The molecule has 0 N–H and O–H groups in total. The van der Waals surface area contributed by atoms with Crippen LogP contribution in [0.25, 0.3) is 0 Å². The monoisotopic (exact) mass is 315 g/mol. The summed E-state index contributed by atoms with van der Waals surface area (Å²) in [6.45, 7) is 4.94. The first-order chi connectivity index (χ1) is 8.32. The molecule has 0 fully saturated rings. The zero-order valence-corrected chi connectivity index (χ0v) is 11.3. The highest BCUT2D eigenvalue weighted by molar-refractivity contribution is 9.10. The van der Waals surface area contributed by atoms with Crippen LogP contribution >= 0.6 is 15.9 Å². The Balaban J connectivity index is 3.03. The largest absolute Gasteiger partial charge is 0.422 e. The molecule has 1 amide bonds. The van der Waals surface area contributed by atoms with Crippen molar-refractivity contribution in [1.29, 1.82) is 0 Å². The summed E-state index contributed by atoms with van der Waals surface area (Å²) < 4.78 is 5.00. The number of hydrogen-bond acceptors (Lipinski definition) is 5. The van der Waals surface area contributed by atoms with Gasteiger partial charge in [0.25, 0.3) is 5.82 Å². The molecule has 1 rings (SSSR count). The van der Waals surface area contributed by atoms with E-state index in [-0.39, 0.29) is 21.9 Å². The Morgan fingerprint density at radius 1 is 1.61 bits per heavy atom. The Morgan fingerprint density at radius 2 is 2.22 bits per heavy atom. The van der Waals surface area contributed by atoms with Crippen molar-refractivity contribution >= 4 is 33.7 Å². The highest BCUT2D eigenvalue weighted by atomic mass is 79.9.